The molecule has 0 fully saturated rings. The highest BCUT2D eigenvalue weighted by molar-refractivity contribution is 5.91. The number of anilines is 1. The topological polar surface area (TPSA) is 53.1 Å². The Bertz CT molecular complexity index is 746. The van der Waals surface area contributed by atoms with Crippen LogP contribution >= 0.6 is 0 Å². The molecule has 2 heterocycles. The third-order valence-corrected chi connectivity index (χ3v) is 3.29. The van der Waals surface area contributed by atoms with Crippen molar-refractivity contribution in [2.75, 3.05) is 12.8 Å². The summed E-state index contributed by atoms with van der Waals surface area (Å²) in [7, 11) is 3.69. The van der Waals surface area contributed by atoms with Gasteiger partial charge in [0.15, 0.2) is 0 Å². The molecule has 0 atom stereocenters. The number of nitrogens with zero attached hydrogens (tertiary/aromatic N) is 2. The van der Waals surface area contributed by atoms with Gasteiger partial charge in [0.25, 0.3) is 0 Å². The van der Waals surface area contributed by atoms with E-state index in [-0.39, 0.29) is 0 Å². The number of ether oxygens (including phenoxy) is 1. The first-order valence-corrected chi connectivity index (χ1v) is 6.05. The number of hydrogen-bond acceptors (Lipinski definition) is 3. The molecule has 0 amide bonds. The number of hydrogen-bond donors (Lipinski definition) is 1. The fourth-order valence-corrected chi connectivity index (χ4v) is 2.38. The van der Waals surface area contributed by atoms with Crippen LogP contribution in [0.15, 0.2) is 42.6 Å². The normalized spacial score (nSPS) is 10.8. The van der Waals surface area contributed by atoms with Gasteiger partial charge < -0.3 is 15.0 Å². The number of pyridine rings is 1. The summed E-state index contributed by atoms with van der Waals surface area (Å²) in [5.41, 5.74) is 9.47. The zero-order valence-electron chi connectivity index (χ0n) is 10.9. The molecule has 0 aliphatic carbocycles. The summed E-state index contributed by atoms with van der Waals surface area (Å²) in [6.07, 6.45) is 1.72. The van der Waals surface area contributed by atoms with E-state index in [1.807, 2.05) is 25.2 Å². The number of methoxy groups -OCH3 is 1. The standard InChI is InChI=1S/C15H15N3O/c1-18-13(12-9-11(16)6-7-17-12)8-10-4-3-5-14(19-2)15(10)18/h3-9H,1-2H3,(H2,16,17). The maximum absolute atomic E-state index is 5.82. The largest absolute Gasteiger partial charge is 0.495 e. The second-order valence-corrected chi connectivity index (χ2v) is 4.46. The van der Waals surface area contributed by atoms with Crippen molar-refractivity contribution in [1.82, 2.24) is 9.55 Å². The van der Waals surface area contributed by atoms with Crippen LogP contribution in [0.2, 0.25) is 0 Å². The maximum atomic E-state index is 5.82. The highest BCUT2D eigenvalue weighted by atomic mass is 16.5. The number of aromatic nitrogens is 2. The molecule has 96 valence electrons. The summed E-state index contributed by atoms with van der Waals surface area (Å²) >= 11 is 0. The Labute approximate surface area is 111 Å². The molecule has 0 unspecified atom stereocenters. The molecule has 0 aliphatic rings. The molecule has 1 aromatic carbocycles. The zero-order valence-corrected chi connectivity index (χ0v) is 10.9. The lowest BCUT2D eigenvalue weighted by Crippen LogP contribution is -1.96. The van der Waals surface area contributed by atoms with Gasteiger partial charge in [0.05, 0.1) is 24.0 Å². The van der Waals surface area contributed by atoms with E-state index in [0.29, 0.717) is 5.69 Å². The number of nitrogens with two attached hydrogens (primary N) is 1. The second kappa shape index (κ2) is 4.31. The molecule has 0 spiro atoms. The molecule has 2 aromatic heterocycles. The molecule has 0 aliphatic heterocycles. The lowest BCUT2D eigenvalue weighted by molar-refractivity contribution is 0.418. The van der Waals surface area contributed by atoms with Gasteiger partial charge in [-0.25, -0.2) is 0 Å². The van der Waals surface area contributed by atoms with E-state index in [2.05, 4.69) is 21.7 Å². The van der Waals surface area contributed by atoms with Crippen LogP contribution in [0.25, 0.3) is 22.3 Å². The van der Waals surface area contributed by atoms with Crippen LogP contribution < -0.4 is 10.5 Å². The summed E-state index contributed by atoms with van der Waals surface area (Å²) in [5, 5.41) is 1.13. The molecule has 4 nitrogen and oxygen atoms in total. The fourth-order valence-electron chi connectivity index (χ4n) is 2.38. The maximum Gasteiger partial charge on any atom is 0.143 e. The predicted molar refractivity (Wildman–Crippen MR) is 77.1 cm³/mol. The highest BCUT2D eigenvalue weighted by Gasteiger charge is 2.12. The first-order chi connectivity index (χ1) is 9.20. The lowest BCUT2D eigenvalue weighted by Gasteiger charge is -2.07. The van der Waals surface area contributed by atoms with Gasteiger partial charge in [-0.05, 0) is 24.3 Å². The molecule has 2 N–H and O–H groups in total. The van der Waals surface area contributed by atoms with Crippen molar-refractivity contribution in [3.05, 3.63) is 42.6 Å². The molecule has 0 saturated heterocycles. The SMILES string of the molecule is COc1cccc2cc(-c3cc(N)ccn3)n(C)c12. The van der Waals surface area contributed by atoms with Crippen LogP contribution in [-0.2, 0) is 7.05 Å². The minimum absolute atomic E-state index is 0.710. The van der Waals surface area contributed by atoms with Crippen LogP contribution in [0.1, 0.15) is 0 Å². The Morgan fingerprint density at radius 1 is 1.21 bits per heavy atom. The summed E-state index contributed by atoms with van der Waals surface area (Å²) in [4.78, 5) is 4.38. The fraction of sp³-hybridized carbons (Fsp3) is 0.133. The van der Waals surface area contributed by atoms with Gasteiger partial charge in [0, 0.05) is 24.3 Å². The van der Waals surface area contributed by atoms with E-state index in [1.54, 1.807) is 19.4 Å². The number of rotatable bonds is 2. The third-order valence-electron chi connectivity index (χ3n) is 3.29. The molecule has 0 bridgehead atoms. The van der Waals surface area contributed by atoms with E-state index < -0.39 is 0 Å². The van der Waals surface area contributed by atoms with Crippen molar-refractivity contribution in [3.63, 3.8) is 0 Å². The number of nitrogen functional groups attached to an aromatic ring is 1. The molecule has 0 radical (unpaired) electrons. The van der Waals surface area contributed by atoms with Crippen molar-refractivity contribution >= 4 is 16.6 Å². The molecule has 0 saturated carbocycles. The second-order valence-electron chi connectivity index (χ2n) is 4.46. The zero-order chi connectivity index (χ0) is 13.4. The highest BCUT2D eigenvalue weighted by Crippen LogP contribution is 2.32. The van der Waals surface area contributed by atoms with Crippen molar-refractivity contribution in [2.24, 2.45) is 7.05 Å². The van der Waals surface area contributed by atoms with E-state index >= 15 is 0 Å². The average Bonchev–Trinajstić information content (AvgIpc) is 2.76. The van der Waals surface area contributed by atoms with Crippen LogP contribution in [0.5, 0.6) is 5.75 Å². The Kier molecular flexibility index (Phi) is 2.63. The van der Waals surface area contributed by atoms with Gasteiger partial charge in [-0.15, -0.1) is 0 Å². The summed E-state index contributed by atoms with van der Waals surface area (Å²) < 4.78 is 7.49. The molecule has 4 heteroatoms. The molecular weight excluding hydrogens is 238 g/mol. The van der Waals surface area contributed by atoms with Crippen molar-refractivity contribution < 1.29 is 4.74 Å². The van der Waals surface area contributed by atoms with E-state index in [0.717, 1.165) is 28.0 Å². The van der Waals surface area contributed by atoms with Crippen LogP contribution in [0, 0.1) is 0 Å². The first-order valence-electron chi connectivity index (χ1n) is 6.05. The monoisotopic (exact) mass is 253 g/mol. The Balaban J connectivity index is 2.29. The third kappa shape index (κ3) is 1.81. The minimum atomic E-state index is 0.710. The Morgan fingerprint density at radius 2 is 2.05 bits per heavy atom. The van der Waals surface area contributed by atoms with Gasteiger partial charge in [-0.2, -0.15) is 0 Å². The molecule has 19 heavy (non-hydrogen) atoms. The minimum Gasteiger partial charge on any atom is -0.495 e. The first kappa shape index (κ1) is 11.6. The smallest absolute Gasteiger partial charge is 0.143 e. The van der Waals surface area contributed by atoms with Crippen molar-refractivity contribution in [2.45, 2.75) is 0 Å². The van der Waals surface area contributed by atoms with Crippen LogP contribution in [0.3, 0.4) is 0 Å². The van der Waals surface area contributed by atoms with Crippen molar-refractivity contribution in [1.29, 1.82) is 0 Å². The number of para-hydroxylation sites is 1. The molecule has 3 aromatic rings. The van der Waals surface area contributed by atoms with Crippen molar-refractivity contribution in [3.8, 4) is 17.1 Å². The number of benzene rings is 1. The Hall–Kier alpha value is -2.49. The summed E-state index contributed by atoms with van der Waals surface area (Å²) in [6.45, 7) is 0. The van der Waals surface area contributed by atoms with Gasteiger partial charge in [0.2, 0.25) is 0 Å². The lowest BCUT2D eigenvalue weighted by atomic mass is 10.2. The average molecular weight is 253 g/mol. The van der Waals surface area contributed by atoms with E-state index in [1.165, 1.54) is 0 Å². The van der Waals surface area contributed by atoms with Gasteiger partial charge >= 0.3 is 0 Å². The molecule has 3 rings (SSSR count). The van der Waals surface area contributed by atoms with Gasteiger partial charge in [0.1, 0.15) is 5.75 Å². The summed E-state index contributed by atoms with van der Waals surface area (Å²) in [5.74, 6) is 0.857. The van der Waals surface area contributed by atoms with E-state index in [9.17, 15) is 0 Å². The van der Waals surface area contributed by atoms with Crippen LogP contribution in [0.4, 0.5) is 5.69 Å². The van der Waals surface area contributed by atoms with Gasteiger partial charge in [-0.1, -0.05) is 12.1 Å². The number of aryl methyl sites for hydroxylation is 1. The quantitative estimate of drug-likeness (QED) is 0.764. The van der Waals surface area contributed by atoms with Crippen LogP contribution in [-0.4, -0.2) is 16.7 Å². The number of fused-ring (bicyclic) bond motifs is 1. The molecular formula is C15H15N3O. The van der Waals surface area contributed by atoms with Gasteiger partial charge in [-0.3, -0.25) is 4.98 Å². The Morgan fingerprint density at radius 3 is 2.79 bits per heavy atom. The predicted octanol–water partition coefficient (Wildman–Crippen LogP) is 2.83. The van der Waals surface area contributed by atoms with E-state index in [4.69, 9.17) is 10.5 Å². The summed E-state index contributed by atoms with van der Waals surface area (Å²) in [6, 6.07) is 11.8.